The Balaban J connectivity index is 0.00000261. The van der Waals surface area contributed by atoms with Gasteiger partial charge in [0.2, 0.25) is 0 Å². The number of aliphatic imine (C=N–C) groups is 1. The standard InChI is InChI=1S/C19H33N5OS.HI/c1-16-22-17(14-26-16)13-23(3)18(20-2)21-15-19(7-5-4-6-8-19)24-9-11-25-12-10-24;/h14H,4-13,15H2,1-3H3,(H,20,21);1H. The molecule has 8 heteroatoms. The SMILES string of the molecule is CN=C(NCC1(N2CCOCC2)CCCCC1)N(C)Cc1csc(C)n1.I. The van der Waals surface area contributed by atoms with Gasteiger partial charge in [-0.2, -0.15) is 0 Å². The van der Waals surface area contributed by atoms with E-state index in [1.807, 2.05) is 7.05 Å². The summed E-state index contributed by atoms with van der Waals surface area (Å²) in [7, 11) is 3.96. The topological polar surface area (TPSA) is 53.0 Å². The molecule has 0 radical (unpaired) electrons. The van der Waals surface area contributed by atoms with Crippen molar-refractivity contribution in [3.63, 3.8) is 0 Å². The van der Waals surface area contributed by atoms with Crippen LogP contribution in [0.2, 0.25) is 0 Å². The van der Waals surface area contributed by atoms with Crippen LogP contribution in [-0.4, -0.2) is 73.2 Å². The van der Waals surface area contributed by atoms with Crippen molar-refractivity contribution in [2.45, 2.75) is 51.1 Å². The van der Waals surface area contributed by atoms with Crippen LogP contribution in [0.15, 0.2) is 10.4 Å². The lowest BCUT2D eigenvalue weighted by Crippen LogP contribution is -2.60. The van der Waals surface area contributed by atoms with E-state index in [4.69, 9.17) is 4.74 Å². The average Bonchev–Trinajstić information content (AvgIpc) is 3.08. The summed E-state index contributed by atoms with van der Waals surface area (Å²) in [5.41, 5.74) is 1.36. The van der Waals surface area contributed by atoms with Crippen LogP contribution < -0.4 is 5.32 Å². The molecule has 0 spiro atoms. The fourth-order valence-electron chi connectivity index (χ4n) is 4.28. The monoisotopic (exact) mass is 507 g/mol. The van der Waals surface area contributed by atoms with Crippen LogP contribution in [0.4, 0.5) is 0 Å². The Labute approximate surface area is 184 Å². The van der Waals surface area contributed by atoms with Gasteiger partial charge in [0.15, 0.2) is 5.96 Å². The lowest BCUT2D eigenvalue weighted by molar-refractivity contribution is -0.0354. The van der Waals surface area contributed by atoms with Crippen LogP contribution in [0.3, 0.4) is 0 Å². The van der Waals surface area contributed by atoms with Crippen LogP contribution in [0.25, 0.3) is 0 Å². The van der Waals surface area contributed by atoms with Crippen LogP contribution in [0, 0.1) is 6.92 Å². The minimum absolute atomic E-state index is 0. The molecule has 2 heterocycles. The molecule has 2 fully saturated rings. The van der Waals surface area contributed by atoms with Gasteiger partial charge in [-0.25, -0.2) is 4.98 Å². The van der Waals surface area contributed by atoms with Crippen LogP contribution in [0.5, 0.6) is 0 Å². The molecule has 1 N–H and O–H groups in total. The summed E-state index contributed by atoms with van der Waals surface area (Å²) in [5.74, 6) is 0.953. The third kappa shape index (κ3) is 6.01. The summed E-state index contributed by atoms with van der Waals surface area (Å²) >= 11 is 1.70. The number of thiazole rings is 1. The number of nitrogens with zero attached hydrogens (tertiary/aromatic N) is 4. The lowest BCUT2D eigenvalue weighted by atomic mass is 9.80. The first-order valence-corrected chi connectivity index (χ1v) is 10.7. The number of hydrogen-bond acceptors (Lipinski definition) is 5. The van der Waals surface area contributed by atoms with E-state index in [-0.39, 0.29) is 29.5 Å². The number of rotatable bonds is 5. The van der Waals surface area contributed by atoms with Crippen molar-refractivity contribution in [3.8, 4) is 0 Å². The summed E-state index contributed by atoms with van der Waals surface area (Å²) in [6.07, 6.45) is 6.55. The van der Waals surface area contributed by atoms with Crippen molar-refractivity contribution >= 4 is 41.3 Å². The Kier molecular flexibility index (Phi) is 9.24. The van der Waals surface area contributed by atoms with E-state index in [0.717, 1.165) is 56.1 Å². The maximum atomic E-state index is 5.59. The molecule has 0 bridgehead atoms. The average molecular weight is 507 g/mol. The quantitative estimate of drug-likeness (QED) is 0.377. The maximum Gasteiger partial charge on any atom is 0.193 e. The van der Waals surface area contributed by atoms with Gasteiger partial charge >= 0.3 is 0 Å². The Bertz CT molecular complexity index is 597. The zero-order chi connectivity index (χ0) is 18.4. The number of hydrogen-bond donors (Lipinski definition) is 1. The van der Waals surface area contributed by atoms with E-state index in [9.17, 15) is 0 Å². The summed E-state index contributed by atoms with van der Waals surface area (Å²) in [6, 6.07) is 0. The number of nitrogens with one attached hydrogen (secondary N) is 1. The van der Waals surface area contributed by atoms with E-state index in [1.54, 1.807) is 11.3 Å². The fraction of sp³-hybridized carbons (Fsp3) is 0.789. The molecule has 6 nitrogen and oxygen atoms in total. The van der Waals surface area contributed by atoms with Crippen LogP contribution in [0.1, 0.15) is 42.8 Å². The van der Waals surface area contributed by atoms with E-state index in [0.29, 0.717) is 0 Å². The van der Waals surface area contributed by atoms with Crippen LogP contribution in [-0.2, 0) is 11.3 Å². The summed E-state index contributed by atoms with van der Waals surface area (Å²) in [5, 5.41) is 6.92. The third-order valence-corrected chi connectivity index (χ3v) is 6.50. The van der Waals surface area contributed by atoms with Gasteiger partial charge in [0.25, 0.3) is 0 Å². The Morgan fingerprint density at radius 3 is 2.63 bits per heavy atom. The molecule has 0 amide bonds. The number of halogens is 1. The van der Waals surface area contributed by atoms with Crippen LogP contribution >= 0.6 is 35.3 Å². The molecular weight excluding hydrogens is 473 g/mol. The van der Waals surface area contributed by atoms with Crippen molar-refractivity contribution in [2.75, 3.05) is 46.9 Å². The molecular formula is C19H34IN5OS. The van der Waals surface area contributed by atoms with Crippen molar-refractivity contribution in [1.82, 2.24) is 20.1 Å². The number of guanidine groups is 1. The summed E-state index contributed by atoms with van der Waals surface area (Å²) < 4.78 is 5.59. The second-order valence-corrected chi connectivity index (χ2v) is 8.56. The molecule has 1 saturated carbocycles. The predicted molar refractivity (Wildman–Crippen MR) is 123 cm³/mol. The number of aromatic nitrogens is 1. The summed E-state index contributed by atoms with van der Waals surface area (Å²) in [4.78, 5) is 13.9. The first-order valence-electron chi connectivity index (χ1n) is 9.78. The highest BCUT2D eigenvalue weighted by molar-refractivity contribution is 14.0. The number of morpholine rings is 1. The first-order chi connectivity index (χ1) is 12.6. The molecule has 1 aliphatic heterocycles. The maximum absolute atomic E-state index is 5.59. The van der Waals surface area contributed by atoms with Gasteiger partial charge in [-0.1, -0.05) is 19.3 Å². The highest BCUT2D eigenvalue weighted by Crippen LogP contribution is 2.33. The first kappa shape index (κ1) is 22.8. The zero-order valence-electron chi connectivity index (χ0n) is 16.9. The highest BCUT2D eigenvalue weighted by Gasteiger charge is 2.38. The predicted octanol–water partition coefficient (Wildman–Crippen LogP) is 3.11. The molecule has 1 saturated heterocycles. The van der Waals surface area contributed by atoms with Gasteiger partial charge in [-0.15, -0.1) is 35.3 Å². The minimum atomic E-state index is 0. The Morgan fingerprint density at radius 2 is 2.04 bits per heavy atom. The van der Waals surface area contributed by atoms with E-state index >= 15 is 0 Å². The van der Waals surface area contributed by atoms with Gasteiger partial charge in [0.1, 0.15) is 0 Å². The molecule has 1 aromatic rings. The Morgan fingerprint density at radius 1 is 1.33 bits per heavy atom. The molecule has 154 valence electrons. The molecule has 1 aliphatic carbocycles. The van der Waals surface area contributed by atoms with Crippen molar-refractivity contribution in [1.29, 1.82) is 0 Å². The highest BCUT2D eigenvalue weighted by atomic mass is 127. The second kappa shape index (κ2) is 10.9. The lowest BCUT2D eigenvalue weighted by Gasteiger charge is -2.48. The third-order valence-electron chi connectivity index (χ3n) is 5.68. The van der Waals surface area contributed by atoms with Gasteiger partial charge in [-0.3, -0.25) is 9.89 Å². The largest absolute Gasteiger partial charge is 0.379 e. The van der Waals surface area contributed by atoms with Gasteiger partial charge < -0.3 is 15.0 Å². The normalized spacial score (nSPS) is 20.8. The molecule has 3 rings (SSSR count). The van der Waals surface area contributed by atoms with Crippen molar-refractivity contribution < 1.29 is 4.74 Å². The number of aryl methyl sites for hydroxylation is 1. The molecule has 2 aliphatic rings. The number of ether oxygens (including phenoxy) is 1. The smallest absolute Gasteiger partial charge is 0.193 e. The van der Waals surface area contributed by atoms with E-state index < -0.39 is 0 Å². The minimum Gasteiger partial charge on any atom is -0.379 e. The fourth-order valence-corrected chi connectivity index (χ4v) is 4.88. The molecule has 0 unspecified atom stereocenters. The van der Waals surface area contributed by atoms with Crippen molar-refractivity contribution in [2.24, 2.45) is 4.99 Å². The second-order valence-electron chi connectivity index (χ2n) is 7.50. The molecule has 0 atom stereocenters. The van der Waals surface area contributed by atoms with Gasteiger partial charge in [-0.05, 0) is 19.8 Å². The van der Waals surface area contributed by atoms with Crippen molar-refractivity contribution in [3.05, 3.63) is 16.1 Å². The van der Waals surface area contributed by atoms with E-state index in [1.165, 1.54) is 32.1 Å². The summed E-state index contributed by atoms with van der Waals surface area (Å²) in [6.45, 7) is 7.62. The molecule has 0 aromatic carbocycles. The Hall–Kier alpha value is -0.450. The van der Waals surface area contributed by atoms with Gasteiger partial charge in [0, 0.05) is 44.6 Å². The van der Waals surface area contributed by atoms with E-state index in [2.05, 4.69) is 44.4 Å². The molecule has 1 aromatic heterocycles. The molecule has 27 heavy (non-hydrogen) atoms. The zero-order valence-corrected chi connectivity index (χ0v) is 20.0. The van der Waals surface area contributed by atoms with Gasteiger partial charge in [0.05, 0.1) is 30.5 Å².